The van der Waals surface area contributed by atoms with Crippen molar-refractivity contribution < 1.29 is 52.3 Å². The lowest BCUT2D eigenvalue weighted by atomic mass is 10.1. The van der Waals surface area contributed by atoms with E-state index in [1.807, 2.05) is 36.4 Å². The first-order valence-corrected chi connectivity index (χ1v) is 8.42. The van der Waals surface area contributed by atoms with Gasteiger partial charge in [0.25, 0.3) is 5.91 Å². The molecular weight excluding hydrogens is 463 g/mol. The molecule has 2 aliphatic rings. The predicted molar refractivity (Wildman–Crippen MR) is 88.6 cm³/mol. The van der Waals surface area contributed by atoms with Gasteiger partial charge in [0.1, 0.15) is 7.05 Å². The van der Waals surface area contributed by atoms with Crippen LogP contribution in [0.5, 0.6) is 5.88 Å². The van der Waals surface area contributed by atoms with Crippen LogP contribution in [0.4, 0.5) is 0 Å². The van der Waals surface area contributed by atoms with Gasteiger partial charge in [-0.2, -0.15) is 4.57 Å². The molecule has 0 radical (unpaired) electrons. The van der Waals surface area contributed by atoms with Crippen molar-refractivity contribution in [3.05, 3.63) is 60.3 Å². The van der Waals surface area contributed by atoms with Crippen LogP contribution in [0.1, 0.15) is 5.56 Å². The summed E-state index contributed by atoms with van der Waals surface area (Å²) in [5.41, 5.74) is 1.01. The van der Waals surface area contributed by atoms with Crippen molar-refractivity contribution in [2.75, 3.05) is 6.54 Å². The highest BCUT2D eigenvalue weighted by atomic mass is 127. The minimum Gasteiger partial charge on any atom is -1.00 e. The Morgan fingerprint density at radius 3 is 2.67 bits per heavy atom. The van der Waals surface area contributed by atoms with Crippen LogP contribution >= 0.6 is 0 Å². The number of pyridine rings is 1. The third kappa shape index (κ3) is 4.12. The lowest BCUT2D eigenvalue weighted by Crippen LogP contribution is -3.00. The largest absolute Gasteiger partial charge is 1.00 e. The lowest BCUT2D eigenvalue weighted by molar-refractivity contribution is -0.675. The van der Waals surface area contributed by atoms with Gasteiger partial charge in [0, 0.05) is 12.6 Å². The average molecular weight is 482 g/mol. The first kappa shape index (κ1) is 19.7. The molecule has 2 bridgehead atoms. The first-order valence-electron chi connectivity index (χ1n) is 8.42. The number of halogens is 1. The van der Waals surface area contributed by atoms with Crippen molar-refractivity contribution in [2.24, 2.45) is 7.05 Å². The van der Waals surface area contributed by atoms with Crippen molar-refractivity contribution in [2.45, 2.75) is 25.0 Å². The molecular formula is C19H19IN2O5. The van der Waals surface area contributed by atoms with Gasteiger partial charge in [-0.25, -0.2) is 4.79 Å². The number of aromatic nitrogens is 1. The van der Waals surface area contributed by atoms with E-state index in [1.54, 1.807) is 34.8 Å². The highest BCUT2D eigenvalue weighted by Crippen LogP contribution is 2.28. The van der Waals surface area contributed by atoms with E-state index >= 15 is 0 Å². The second-order valence-corrected chi connectivity index (χ2v) is 6.32. The van der Waals surface area contributed by atoms with Crippen molar-refractivity contribution in [1.82, 2.24) is 4.90 Å². The van der Waals surface area contributed by atoms with Gasteiger partial charge in [0.2, 0.25) is 0 Å². The Labute approximate surface area is 173 Å². The van der Waals surface area contributed by atoms with Crippen molar-refractivity contribution >= 4 is 11.9 Å². The third-order valence-corrected chi connectivity index (χ3v) is 4.46. The van der Waals surface area contributed by atoms with Gasteiger partial charge in [-0.1, -0.05) is 30.3 Å². The van der Waals surface area contributed by atoms with Crippen LogP contribution in [-0.4, -0.2) is 41.8 Å². The molecule has 1 amide bonds. The number of hydrogen-bond acceptors (Lipinski definition) is 5. The number of carbonyl (C=O) groups excluding carboxylic acids is 2. The number of aryl methyl sites for hydroxylation is 1. The van der Waals surface area contributed by atoms with Gasteiger partial charge >= 0.3 is 11.8 Å². The maximum atomic E-state index is 12.7. The summed E-state index contributed by atoms with van der Waals surface area (Å²) in [5.74, 6) is -0.521. The molecule has 0 aliphatic carbocycles. The molecule has 3 heterocycles. The summed E-state index contributed by atoms with van der Waals surface area (Å²) in [6.45, 7) is 0.738. The molecule has 2 aliphatic heterocycles. The van der Waals surface area contributed by atoms with Crippen LogP contribution in [0.25, 0.3) is 0 Å². The summed E-state index contributed by atoms with van der Waals surface area (Å²) in [4.78, 5) is 26.9. The highest BCUT2D eigenvalue weighted by molar-refractivity contribution is 5.90. The molecule has 4 rings (SSSR count). The summed E-state index contributed by atoms with van der Waals surface area (Å²) >= 11 is 0. The van der Waals surface area contributed by atoms with E-state index in [0.29, 0.717) is 12.4 Å². The zero-order chi connectivity index (χ0) is 18.1. The molecule has 0 spiro atoms. The molecule has 8 heteroatoms. The summed E-state index contributed by atoms with van der Waals surface area (Å²) in [6.07, 6.45) is -0.893. The number of fused-ring (bicyclic) bond motifs is 2. The third-order valence-electron chi connectivity index (χ3n) is 4.46. The Hall–Kier alpha value is -2.04. The molecule has 1 aromatic heterocycles. The van der Waals surface area contributed by atoms with Gasteiger partial charge in [0.15, 0.2) is 24.7 Å². The number of carbonyl (C=O) groups is 2. The molecule has 142 valence electrons. The normalized spacial score (nSPS) is 23.7. The smallest absolute Gasteiger partial charge is 0.375 e. The monoisotopic (exact) mass is 482 g/mol. The van der Waals surface area contributed by atoms with E-state index in [4.69, 9.17) is 14.2 Å². The number of morpholine rings is 1. The fourth-order valence-electron chi connectivity index (χ4n) is 3.13. The Bertz CT molecular complexity index is 832. The van der Waals surface area contributed by atoms with Crippen LogP contribution in [0.15, 0.2) is 54.7 Å². The molecule has 27 heavy (non-hydrogen) atoms. The van der Waals surface area contributed by atoms with E-state index < -0.39 is 24.5 Å². The number of amides is 1. The molecule has 2 fully saturated rings. The predicted octanol–water partition coefficient (Wildman–Crippen LogP) is -2.43. The van der Waals surface area contributed by atoms with Gasteiger partial charge < -0.3 is 43.1 Å². The Balaban J connectivity index is 0.00000210. The maximum Gasteiger partial charge on any atom is 0.375 e. The zero-order valence-electron chi connectivity index (χ0n) is 14.7. The van der Waals surface area contributed by atoms with Crippen LogP contribution in [-0.2, 0) is 32.7 Å². The molecule has 2 aromatic rings. The second kappa shape index (κ2) is 8.32. The Kier molecular flexibility index (Phi) is 6.08. The zero-order valence-corrected chi connectivity index (χ0v) is 16.8. The molecule has 1 aromatic carbocycles. The molecule has 3 atom stereocenters. The lowest BCUT2D eigenvalue weighted by Gasteiger charge is -2.30. The second-order valence-electron chi connectivity index (χ2n) is 6.32. The van der Waals surface area contributed by atoms with Crippen LogP contribution in [0.3, 0.4) is 0 Å². The summed E-state index contributed by atoms with van der Waals surface area (Å²) in [5, 5.41) is 0. The van der Waals surface area contributed by atoms with Gasteiger partial charge in [-0.15, -0.1) is 0 Å². The van der Waals surface area contributed by atoms with E-state index in [9.17, 15) is 9.59 Å². The molecule has 7 nitrogen and oxygen atoms in total. The number of benzene rings is 1. The first-order chi connectivity index (χ1) is 12.6. The van der Waals surface area contributed by atoms with Gasteiger partial charge in [-0.3, -0.25) is 4.79 Å². The Morgan fingerprint density at radius 2 is 1.93 bits per heavy atom. The van der Waals surface area contributed by atoms with E-state index in [1.165, 1.54) is 0 Å². The average Bonchev–Trinajstić information content (AvgIpc) is 3.02. The standard InChI is InChI=1S/C19H19N2O5.HI/c1-20-10-6-5-9-14(20)24-19(23)17-16-18(22)21(12-15(25-16)26-17)11-13-7-3-2-4-8-13;/h2-10,15-17H,11-12H2,1H3;1H/q+1;/p-1/t15-,16+,17+;/m0./s1. The van der Waals surface area contributed by atoms with Crippen molar-refractivity contribution in [3.63, 3.8) is 0 Å². The minimum atomic E-state index is -1.06. The summed E-state index contributed by atoms with van der Waals surface area (Å²) < 4.78 is 18.2. The number of hydrogen-bond donors (Lipinski definition) is 0. The number of rotatable bonds is 4. The summed E-state index contributed by atoms with van der Waals surface area (Å²) in [7, 11) is 1.76. The van der Waals surface area contributed by atoms with Gasteiger partial charge in [-0.05, 0) is 11.6 Å². The van der Waals surface area contributed by atoms with Crippen LogP contribution < -0.4 is 33.3 Å². The van der Waals surface area contributed by atoms with Crippen molar-refractivity contribution in [3.8, 4) is 5.88 Å². The maximum absolute atomic E-state index is 12.7. The van der Waals surface area contributed by atoms with Crippen LogP contribution in [0, 0.1) is 0 Å². The number of esters is 1. The van der Waals surface area contributed by atoms with Crippen molar-refractivity contribution in [1.29, 1.82) is 0 Å². The summed E-state index contributed by atoms with van der Waals surface area (Å²) in [6, 6.07) is 14.9. The quantitative estimate of drug-likeness (QED) is 0.276. The fraction of sp³-hybridized carbons (Fsp3) is 0.316. The number of nitrogens with zero attached hydrogens (tertiary/aromatic N) is 2. The topological polar surface area (TPSA) is 69.0 Å². The molecule has 0 unspecified atom stereocenters. The minimum absolute atomic E-state index is 0. The van der Waals surface area contributed by atoms with Gasteiger partial charge in [0.05, 0.1) is 12.6 Å². The molecule has 0 saturated carbocycles. The molecule has 2 saturated heterocycles. The van der Waals surface area contributed by atoms with Crippen LogP contribution in [0.2, 0.25) is 0 Å². The Morgan fingerprint density at radius 1 is 1.19 bits per heavy atom. The van der Waals surface area contributed by atoms with E-state index in [2.05, 4.69) is 0 Å². The SMILES string of the molecule is C[n+]1ccccc1OC(=O)[C@@H]1O[C@H]2CN(Cc3ccccc3)C(=O)[C@@H]1O2.[I-]. The van der Waals surface area contributed by atoms with E-state index in [-0.39, 0.29) is 36.4 Å². The number of ether oxygens (including phenoxy) is 3. The highest BCUT2D eigenvalue weighted by Gasteiger charge is 2.52. The fourth-order valence-corrected chi connectivity index (χ4v) is 3.13. The van der Waals surface area contributed by atoms with E-state index in [0.717, 1.165) is 5.56 Å². The molecule has 0 N–H and O–H groups in total.